The van der Waals surface area contributed by atoms with Gasteiger partial charge in [-0.15, -0.1) is 11.3 Å². The van der Waals surface area contributed by atoms with Crippen molar-refractivity contribution in [3.8, 4) is 10.6 Å². The molecule has 1 N–H and O–H groups in total. The Morgan fingerprint density at radius 3 is 2.74 bits per heavy atom. The second-order valence-corrected chi connectivity index (χ2v) is 7.46. The van der Waals surface area contributed by atoms with Gasteiger partial charge in [0.2, 0.25) is 5.91 Å². The van der Waals surface area contributed by atoms with Gasteiger partial charge >= 0.3 is 0 Å². The lowest BCUT2D eigenvalue weighted by molar-refractivity contribution is -0.126. The van der Waals surface area contributed by atoms with Crippen molar-refractivity contribution in [1.82, 2.24) is 10.3 Å². The molecule has 1 heterocycles. The second-order valence-electron chi connectivity index (χ2n) is 6.19. The lowest BCUT2D eigenvalue weighted by Gasteiger charge is -2.07. The minimum Gasteiger partial charge on any atom is -0.367 e. The summed E-state index contributed by atoms with van der Waals surface area (Å²) in [7, 11) is 0. The number of ether oxygens (including phenoxy) is 1. The third-order valence-electron chi connectivity index (χ3n) is 4.00. The summed E-state index contributed by atoms with van der Waals surface area (Å²) in [6.45, 7) is 2.93. The zero-order chi connectivity index (χ0) is 19.1. The van der Waals surface area contributed by atoms with Crippen molar-refractivity contribution in [1.29, 1.82) is 0 Å². The molecule has 0 saturated heterocycles. The number of thiazole rings is 1. The van der Waals surface area contributed by atoms with Crippen molar-refractivity contribution in [3.63, 3.8) is 0 Å². The number of nitrogens with zero attached hydrogens (tertiary/aromatic N) is 1. The Morgan fingerprint density at radius 2 is 1.96 bits per heavy atom. The number of hydrogen-bond acceptors (Lipinski definition) is 4. The van der Waals surface area contributed by atoms with Crippen LogP contribution in [-0.2, 0) is 22.6 Å². The predicted octanol–water partition coefficient (Wildman–Crippen LogP) is 4.65. The molecule has 1 amide bonds. The number of rotatable bonds is 8. The summed E-state index contributed by atoms with van der Waals surface area (Å²) in [4.78, 5) is 16.5. The molecular formula is C21H21ClN2O2S. The molecule has 0 spiro atoms. The first kappa shape index (κ1) is 19.5. The average molecular weight is 401 g/mol. The highest BCUT2D eigenvalue weighted by atomic mass is 35.5. The molecule has 0 aliphatic rings. The quantitative estimate of drug-likeness (QED) is 0.598. The Bertz CT molecular complexity index is 893. The normalized spacial score (nSPS) is 10.7. The second kappa shape index (κ2) is 9.65. The summed E-state index contributed by atoms with van der Waals surface area (Å²) < 4.78 is 5.43. The molecule has 2 aromatic carbocycles. The van der Waals surface area contributed by atoms with E-state index in [0.717, 1.165) is 21.8 Å². The van der Waals surface area contributed by atoms with Gasteiger partial charge < -0.3 is 10.1 Å². The minimum atomic E-state index is -0.143. The fraction of sp³-hybridized carbons (Fsp3) is 0.238. The highest BCUT2D eigenvalue weighted by Crippen LogP contribution is 2.24. The van der Waals surface area contributed by atoms with Crippen molar-refractivity contribution < 1.29 is 9.53 Å². The van der Waals surface area contributed by atoms with E-state index in [9.17, 15) is 4.79 Å². The van der Waals surface area contributed by atoms with Crippen LogP contribution in [0.1, 0.15) is 16.8 Å². The molecule has 140 valence electrons. The van der Waals surface area contributed by atoms with E-state index in [1.54, 1.807) is 17.4 Å². The zero-order valence-corrected chi connectivity index (χ0v) is 16.6. The number of nitrogens with one attached hydrogen (secondary N) is 1. The molecule has 3 aromatic rings. The molecule has 0 unspecified atom stereocenters. The number of carbonyl (C=O) groups excluding carboxylic acids is 1. The lowest BCUT2D eigenvalue weighted by atomic mass is 10.2. The van der Waals surface area contributed by atoms with E-state index in [0.29, 0.717) is 24.6 Å². The number of amides is 1. The Morgan fingerprint density at radius 1 is 1.19 bits per heavy atom. The average Bonchev–Trinajstić information content (AvgIpc) is 3.13. The summed E-state index contributed by atoms with van der Waals surface area (Å²) in [5.74, 6) is -0.143. The summed E-state index contributed by atoms with van der Waals surface area (Å²) in [6.07, 6.45) is 0.693. The summed E-state index contributed by atoms with van der Waals surface area (Å²) in [5.41, 5.74) is 4.20. The van der Waals surface area contributed by atoms with Crippen molar-refractivity contribution in [2.45, 2.75) is 20.0 Å². The van der Waals surface area contributed by atoms with E-state index in [1.165, 1.54) is 5.56 Å². The van der Waals surface area contributed by atoms with Crippen LogP contribution in [0.5, 0.6) is 0 Å². The van der Waals surface area contributed by atoms with E-state index in [-0.39, 0.29) is 12.5 Å². The predicted molar refractivity (Wildman–Crippen MR) is 110 cm³/mol. The molecule has 0 bridgehead atoms. The number of carbonyl (C=O) groups is 1. The lowest BCUT2D eigenvalue weighted by Crippen LogP contribution is -2.29. The molecule has 0 saturated carbocycles. The van der Waals surface area contributed by atoms with Crippen LogP contribution in [0.3, 0.4) is 0 Å². The maximum Gasteiger partial charge on any atom is 0.246 e. The molecule has 4 nitrogen and oxygen atoms in total. The summed E-state index contributed by atoms with van der Waals surface area (Å²) in [5, 5.41) is 6.54. The molecular weight excluding hydrogens is 380 g/mol. The first-order valence-corrected chi connectivity index (χ1v) is 9.97. The third kappa shape index (κ3) is 5.89. The molecule has 27 heavy (non-hydrogen) atoms. The molecule has 0 aliphatic heterocycles. The molecule has 0 atom stereocenters. The number of aryl methyl sites for hydroxylation is 1. The molecule has 0 fully saturated rings. The van der Waals surface area contributed by atoms with Crippen molar-refractivity contribution in [3.05, 3.63) is 75.8 Å². The molecule has 0 radical (unpaired) electrons. The van der Waals surface area contributed by atoms with E-state index in [4.69, 9.17) is 16.3 Å². The van der Waals surface area contributed by atoms with Gasteiger partial charge in [-0.3, -0.25) is 4.79 Å². The van der Waals surface area contributed by atoms with E-state index >= 15 is 0 Å². The maximum absolute atomic E-state index is 11.9. The van der Waals surface area contributed by atoms with Gasteiger partial charge in [-0.25, -0.2) is 4.98 Å². The number of hydrogen-bond donors (Lipinski definition) is 1. The standard InChI is InChI=1S/C21H21ClN2O2S/c1-15-6-8-16(9-7-15)21-24-18(14-27-21)10-11-23-20(25)13-26-12-17-4-2-3-5-19(17)22/h2-9,14H,10-13H2,1H3,(H,23,25). The van der Waals surface area contributed by atoms with Gasteiger partial charge in [-0.1, -0.05) is 59.6 Å². The largest absolute Gasteiger partial charge is 0.367 e. The van der Waals surface area contributed by atoms with Crippen molar-refractivity contribution in [2.75, 3.05) is 13.2 Å². The highest BCUT2D eigenvalue weighted by molar-refractivity contribution is 7.13. The van der Waals surface area contributed by atoms with Gasteiger partial charge in [0.25, 0.3) is 0 Å². The molecule has 1 aromatic heterocycles. The number of aromatic nitrogens is 1. The number of halogens is 1. The van der Waals surface area contributed by atoms with E-state index in [2.05, 4.69) is 41.5 Å². The molecule has 0 aliphatic carbocycles. The SMILES string of the molecule is Cc1ccc(-c2nc(CCNC(=O)COCc3ccccc3Cl)cs2)cc1. The van der Waals surface area contributed by atoms with Gasteiger partial charge in [0.1, 0.15) is 11.6 Å². The molecule has 3 rings (SSSR count). The summed E-state index contributed by atoms with van der Waals surface area (Å²) >= 11 is 7.68. The third-order valence-corrected chi connectivity index (χ3v) is 5.31. The Kier molecular flexibility index (Phi) is 6.98. The van der Waals surface area contributed by atoms with Crippen LogP contribution >= 0.6 is 22.9 Å². The van der Waals surface area contributed by atoms with Crippen LogP contribution in [0, 0.1) is 6.92 Å². The summed E-state index contributed by atoms with van der Waals surface area (Å²) in [6, 6.07) is 15.8. The van der Waals surface area contributed by atoms with Crippen LogP contribution in [0.2, 0.25) is 5.02 Å². The monoisotopic (exact) mass is 400 g/mol. The fourth-order valence-corrected chi connectivity index (χ4v) is 3.55. The van der Waals surface area contributed by atoms with Gasteiger partial charge in [0, 0.05) is 28.9 Å². The van der Waals surface area contributed by atoms with E-state index < -0.39 is 0 Å². The van der Waals surface area contributed by atoms with Gasteiger partial charge in [-0.2, -0.15) is 0 Å². The smallest absolute Gasteiger partial charge is 0.246 e. The first-order valence-electron chi connectivity index (χ1n) is 8.71. The van der Waals surface area contributed by atoms with Crippen LogP contribution in [0.4, 0.5) is 0 Å². The fourth-order valence-electron chi connectivity index (χ4n) is 2.50. The Labute approximate surface area is 168 Å². The van der Waals surface area contributed by atoms with Crippen molar-refractivity contribution in [2.24, 2.45) is 0 Å². The Balaban J connectivity index is 1.39. The van der Waals surface area contributed by atoms with E-state index in [1.807, 2.05) is 23.6 Å². The van der Waals surface area contributed by atoms with Crippen LogP contribution in [-0.4, -0.2) is 24.0 Å². The highest BCUT2D eigenvalue weighted by Gasteiger charge is 2.07. The molecule has 6 heteroatoms. The first-order chi connectivity index (χ1) is 13.1. The van der Waals surface area contributed by atoms with Crippen LogP contribution in [0.15, 0.2) is 53.9 Å². The zero-order valence-electron chi connectivity index (χ0n) is 15.1. The topological polar surface area (TPSA) is 51.2 Å². The maximum atomic E-state index is 11.9. The minimum absolute atomic E-state index is 0.0108. The van der Waals surface area contributed by atoms with Gasteiger partial charge in [0.15, 0.2) is 0 Å². The van der Waals surface area contributed by atoms with Crippen LogP contribution in [0.25, 0.3) is 10.6 Å². The van der Waals surface area contributed by atoms with Crippen LogP contribution < -0.4 is 5.32 Å². The van der Waals surface area contributed by atoms with Gasteiger partial charge in [0.05, 0.1) is 12.3 Å². The van der Waals surface area contributed by atoms with Crippen molar-refractivity contribution >= 4 is 28.8 Å². The Hall–Kier alpha value is -2.21. The number of benzene rings is 2. The van der Waals surface area contributed by atoms with Gasteiger partial charge in [-0.05, 0) is 18.6 Å².